The van der Waals surface area contributed by atoms with Gasteiger partial charge in [0.1, 0.15) is 16.1 Å². The van der Waals surface area contributed by atoms with Crippen LogP contribution < -0.4 is 0 Å². The summed E-state index contributed by atoms with van der Waals surface area (Å²) >= 11 is 3.33. The molecule has 0 aliphatic carbocycles. The Balaban J connectivity index is 0.000000821. The summed E-state index contributed by atoms with van der Waals surface area (Å²) in [5.74, 6) is 1.74. The second-order valence-electron chi connectivity index (χ2n) is 14.2. The number of terminal acetylenes is 1. The molecule has 2 aromatic rings. The number of hydrogen-bond donors (Lipinski definition) is 0. The maximum Gasteiger partial charge on any atom is 0.326 e. The lowest BCUT2D eigenvalue weighted by Gasteiger charge is -2.24. The molecule has 2 atom stereocenters. The van der Waals surface area contributed by atoms with Crippen molar-refractivity contribution in [3.05, 3.63) is 69.7 Å². The lowest BCUT2D eigenvalue weighted by Crippen LogP contribution is -2.44. The van der Waals surface area contributed by atoms with Gasteiger partial charge in [-0.15, -0.1) is 17.5 Å². The number of rotatable bonds is 10. The van der Waals surface area contributed by atoms with Gasteiger partial charge in [-0.3, -0.25) is 9.59 Å². The van der Waals surface area contributed by atoms with Crippen molar-refractivity contribution in [1.29, 1.82) is 0 Å². The Bertz CT molecular complexity index is 1730. The number of ether oxygens (including phenoxy) is 2. The number of aryl methyl sites for hydroxylation is 2. The minimum Gasteiger partial charge on any atom is -0.468 e. The molecule has 0 saturated heterocycles. The van der Waals surface area contributed by atoms with Gasteiger partial charge in [0, 0.05) is 22.5 Å². The molecule has 0 aliphatic rings. The standard InChI is InChI=1S/C18H26O4SSi.C13H17BrO4S.C5H10Si/c1-18(17(19)22-2,23(3,20)21)13-11-15-7-9-16(10-8-15)12-14-24(4,5)6;1-13(12(15)18-2,19(3,16)17)9-8-10-4-6-11(14)7-5-10;1-5-6(2,3)4/h7-10H,11,13H2,1-6H3;4-7H,8-9H2,1-3H3;1H,2-4H3. The van der Waals surface area contributed by atoms with Gasteiger partial charge >= 0.3 is 11.9 Å². The summed E-state index contributed by atoms with van der Waals surface area (Å²) in [5, 5.41) is 0. The molecular weight excluding hydrogens is 761 g/mol. The minimum atomic E-state index is -3.57. The van der Waals surface area contributed by atoms with Crippen LogP contribution in [-0.4, -0.2) is 81.1 Å². The highest BCUT2D eigenvalue weighted by Crippen LogP contribution is 2.26. The number of halogens is 1. The van der Waals surface area contributed by atoms with E-state index in [4.69, 9.17) is 6.42 Å². The summed E-state index contributed by atoms with van der Waals surface area (Å²) in [6.45, 7) is 15.8. The van der Waals surface area contributed by atoms with Gasteiger partial charge in [0.2, 0.25) is 0 Å². The molecule has 0 radical (unpaired) electrons. The average molecular weight is 814 g/mol. The summed E-state index contributed by atoms with van der Waals surface area (Å²) < 4.78 is 54.9. The van der Waals surface area contributed by atoms with E-state index in [2.05, 4.69) is 81.7 Å². The van der Waals surface area contributed by atoms with E-state index in [0.717, 1.165) is 33.7 Å². The first kappa shape index (κ1) is 46.3. The summed E-state index contributed by atoms with van der Waals surface area (Å²) in [7, 11) is -7.22. The maximum absolute atomic E-state index is 12.0. The molecule has 0 fully saturated rings. The number of sulfone groups is 2. The number of carbonyl (C=O) groups is 2. The molecule has 8 nitrogen and oxygen atoms in total. The smallest absolute Gasteiger partial charge is 0.326 e. The Morgan fingerprint density at radius 3 is 1.31 bits per heavy atom. The number of benzene rings is 2. The van der Waals surface area contributed by atoms with Crippen molar-refractivity contribution in [3.63, 3.8) is 0 Å². The zero-order valence-corrected chi connectivity index (χ0v) is 36.2. The first-order valence-electron chi connectivity index (χ1n) is 15.6. The van der Waals surface area contributed by atoms with Gasteiger partial charge in [-0.05, 0) is 74.9 Å². The molecule has 0 spiro atoms. The van der Waals surface area contributed by atoms with Crippen LogP contribution in [0.4, 0.5) is 0 Å². The number of esters is 2. The second kappa shape index (κ2) is 19.1. The van der Waals surface area contributed by atoms with E-state index in [1.54, 1.807) is 0 Å². The fraction of sp³-hybridized carbons (Fsp3) is 0.500. The Labute approximate surface area is 306 Å². The number of carbonyl (C=O) groups excluding carboxylic acids is 2. The normalized spacial score (nSPS) is 14.0. The van der Waals surface area contributed by atoms with Gasteiger partial charge in [-0.2, -0.15) is 0 Å². The van der Waals surface area contributed by atoms with Gasteiger partial charge in [0.25, 0.3) is 0 Å². The molecule has 2 unspecified atom stereocenters. The van der Waals surface area contributed by atoms with Crippen LogP contribution in [-0.2, 0) is 51.6 Å². The largest absolute Gasteiger partial charge is 0.468 e. The fourth-order valence-electron chi connectivity index (χ4n) is 3.74. The van der Waals surface area contributed by atoms with E-state index < -0.39 is 57.3 Å². The van der Waals surface area contributed by atoms with Crippen LogP contribution in [0.2, 0.25) is 39.3 Å². The Hall–Kier alpha value is -2.69. The Kier molecular flexibility index (Phi) is 18.0. The van der Waals surface area contributed by atoms with Gasteiger partial charge in [0.15, 0.2) is 29.2 Å². The molecule has 272 valence electrons. The quantitative estimate of drug-likeness (QED) is 0.148. The highest BCUT2D eigenvalue weighted by Gasteiger charge is 2.45. The third kappa shape index (κ3) is 16.3. The summed E-state index contributed by atoms with van der Waals surface area (Å²) in [5.41, 5.74) is 8.93. The van der Waals surface area contributed by atoms with E-state index in [1.807, 2.05) is 48.5 Å². The molecule has 0 N–H and O–H groups in total. The van der Waals surface area contributed by atoms with E-state index >= 15 is 0 Å². The van der Waals surface area contributed by atoms with Crippen LogP contribution in [0.15, 0.2) is 53.0 Å². The van der Waals surface area contributed by atoms with Crippen molar-refractivity contribution >= 4 is 63.7 Å². The zero-order chi connectivity index (χ0) is 38.5. The van der Waals surface area contributed by atoms with E-state index in [-0.39, 0.29) is 12.8 Å². The third-order valence-electron chi connectivity index (χ3n) is 7.53. The fourth-order valence-corrected chi connectivity index (χ4v) is 6.24. The Morgan fingerprint density at radius 2 is 1.04 bits per heavy atom. The van der Waals surface area contributed by atoms with Crippen molar-refractivity contribution in [1.82, 2.24) is 0 Å². The average Bonchev–Trinajstić information content (AvgIpc) is 3.00. The molecular formula is C36H53BrO8S2Si2. The molecule has 0 amide bonds. The SMILES string of the molecule is C#C[Si](C)(C)C.COC(=O)C(C)(CCc1ccc(Br)cc1)S(C)(=O)=O.COC(=O)C(C)(CCc1ccc(C#C[Si](C)(C)C)cc1)S(C)(=O)=O. The second-order valence-corrected chi connectivity index (χ2v) is 29.6. The summed E-state index contributed by atoms with van der Waals surface area (Å²) in [4.78, 5) is 23.7. The monoisotopic (exact) mass is 812 g/mol. The van der Waals surface area contributed by atoms with Crippen LogP contribution in [0, 0.1) is 23.4 Å². The van der Waals surface area contributed by atoms with Crippen molar-refractivity contribution in [3.8, 4) is 23.4 Å². The van der Waals surface area contributed by atoms with E-state index in [0.29, 0.717) is 12.8 Å². The van der Waals surface area contributed by atoms with Gasteiger partial charge in [-0.1, -0.05) is 85.4 Å². The predicted octanol–water partition coefficient (Wildman–Crippen LogP) is 6.68. The van der Waals surface area contributed by atoms with Crippen LogP contribution in [0.25, 0.3) is 0 Å². The number of hydrogen-bond acceptors (Lipinski definition) is 8. The van der Waals surface area contributed by atoms with Crippen molar-refractivity contribution < 1.29 is 35.9 Å². The van der Waals surface area contributed by atoms with Crippen molar-refractivity contribution in [2.24, 2.45) is 0 Å². The lowest BCUT2D eigenvalue weighted by atomic mass is 9.99. The summed E-state index contributed by atoms with van der Waals surface area (Å²) in [6.07, 6.45) is 8.58. The molecule has 49 heavy (non-hydrogen) atoms. The maximum atomic E-state index is 12.0. The molecule has 13 heteroatoms. The minimum absolute atomic E-state index is 0.179. The molecule has 0 bridgehead atoms. The number of methoxy groups -OCH3 is 2. The first-order valence-corrected chi connectivity index (χ1v) is 27.1. The van der Waals surface area contributed by atoms with Gasteiger partial charge in [0.05, 0.1) is 14.2 Å². The lowest BCUT2D eigenvalue weighted by molar-refractivity contribution is -0.144. The van der Waals surface area contributed by atoms with Crippen molar-refractivity contribution in [2.45, 2.75) is 88.3 Å². The molecule has 0 saturated carbocycles. The third-order valence-corrected chi connectivity index (χ3v) is 13.8. The van der Waals surface area contributed by atoms with Gasteiger partial charge in [-0.25, -0.2) is 16.8 Å². The zero-order valence-electron chi connectivity index (χ0n) is 31.0. The summed E-state index contributed by atoms with van der Waals surface area (Å²) in [6, 6.07) is 15.3. The first-order chi connectivity index (χ1) is 22.2. The molecule has 2 rings (SSSR count). The molecule has 0 aliphatic heterocycles. The Morgan fingerprint density at radius 1 is 0.714 bits per heavy atom. The van der Waals surface area contributed by atoms with Crippen LogP contribution in [0.5, 0.6) is 0 Å². The van der Waals surface area contributed by atoms with Crippen molar-refractivity contribution in [2.75, 3.05) is 26.7 Å². The highest BCUT2D eigenvalue weighted by molar-refractivity contribution is 9.10. The van der Waals surface area contributed by atoms with Gasteiger partial charge < -0.3 is 9.47 Å². The van der Waals surface area contributed by atoms with Crippen LogP contribution >= 0.6 is 15.9 Å². The topological polar surface area (TPSA) is 121 Å². The predicted molar refractivity (Wildman–Crippen MR) is 210 cm³/mol. The van der Waals surface area contributed by atoms with E-state index in [9.17, 15) is 26.4 Å². The van der Waals surface area contributed by atoms with Crippen LogP contribution in [0.1, 0.15) is 43.4 Å². The van der Waals surface area contributed by atoms with E-state index in [1.165, 1.54) is 28.1 Å². The molecule has 0 heterocycles. The highest BCUT2D eigenvalue weighted by atomic mass is 79.9. The molecule has 2 aromatic carbocycles. The van der Waals surface area contributed by atoms with Crippen LogP contribution in [0.3, 0.4) is 0 Å². The molecule has 0 aromatic heterocycles.